The number of nitrogens with one attached hydrogen (secondary N) is 1. The van der Waals surface area contributed by atoms with E-state index in [1.54, 1.807) is 0 Å². The molecule has 0 aliphatic carbocycles. The second-order valence-electron chi connectivity index (χ2n) is 4.60. The molecular weight excluding hydrogens is 192 g/mol. The fourth-order valence-electron chi connectivity index (χ4n) is 2.32. The number of nitrogens with zero attached hydrogens (tertiary/aromatic N) is 1. The smallest absolute Gasteiger partial charge is 0.253 e. The van der Waals surface area contributed by atoms with Crippen LogP contribution in [0.3, 0.4) is 0 Å². The highest BCUT2D eigenvalue weighted by Gasteiger charge is 2.29. The lowest BCUT2D eigenvalue weighted by Crippen LogP contribution is -2.51. The van der Waals surface area contributed by atoms with E-state index in [0.29, 0.717) is 19.1 Å². The van der Waals surface area contributed by atoms with Gasteiger partial charge < -0.3 is 15.0 Å². The van der Waals surface area contributed by atoms with E-state index in [-0.39, 0.29) is 12.0 Å². The third-order valence-corrected chi connectivity index (χ3v) is 3.17. The number of hydrogen-bond acceptors (Lipinski definition) is 3. The first-order valence-corrected chi connectivity index (χ1v) is 5.88. The van der Waals surface area contributed by atoms with Gasteiger partial charge in [-0.1, -0.05) is 6.92 Å². The van der Waals surface area contributed by atoms with E-state index in [2.05, 4.69) is 12.2 Å². The van der Waals surface area contributed by atoms with Crippen molar-refractivity contribution in [1.29, 1.82) is 0 Å². The average Bonchev–Trinajstić information content (AvgIpc) is 2.29. The molecule has 1 unspecified atom stereocenters. The average molecular weight is 212 g/mol. The van der Waals surface area contributed by atoms with Crippen molar-refractivity contribution in [3.8, 4) is 0 Å². The molecule has 0 aromatic carbocycles. The molecular formula is C11H20N2O2. The summed E-state index contributed by atoms with van der Waals surface area (Å²) in [6.07, 6.45) is 2.13. The van der Waals surface area contributed by atoms with Gasteiger partial charge in [-0.3, -0.25) is 4.79 Å². The van der Waals surface area contributed by atoms with Crippen molar-refractivity contribution in [3.63, 3.8) is 0 Å². The first-order chi connectivity index (χ1) is 7.27. The van der Waals surface area contributed by atoms with Gasteiger partial charge in [-0.15, -0.1) is 0 Å². The maximum absolute atomic E-state index is 12.1. The summed E-state index contributed by atoms with van der Waals surface area (Å²) in [5.41, 5.74) is 0. The molecule has 4 nitrogen and oxygen atoms in total. The van der Waals surface area contributed by atoms with Gasteiger partial charge in [0.15, 0.2) is 0 Å². The van der Waals surface area contributed by atoms with Crippen molar-refractivity contribution >= 4 is 5.91 Å². The molecule has 0 aromatic rings. The maximum atomic E-state index is 12.1. The van der Waals surface area contributed by atoms with Crippen LogP contribution in [0.1, 0.15) is 19.8 Å². The molecule has 1 N–H and O–H groups in total. The van der Waals surface area contributed by atoms with E-state index in [9.17, 15) is 4.79 Å². The fourth-order valence-corrected chi connectivity index (χ4v) is 2.32. The summed E-state index contributed by atoms with van der Waals surface area (Å²) in [6, 6.07) is 0. The topological polar surface area (TPSA) is 41.6 Å². The number of piperidine rings is 1. The van der Waals surface area contributed by atoms with Gasteiger partial charge in [-0.05, 0) is 18.8 Å². The summed E-state index contributed by atoms with van der Waals surface area (Å²) < 4.78 is 5.47. The molecule has 0 spiro atoms. The van der Waals surface area contributed by atoms with Gasteiger partial charge in [0.2, 0.25) is 0 Å². The van der Waals surface area contributed by atoms with Crippen LogP contribution in [0.15, 0.2) is 0 Å². The minimum Gasteiger partial charge on any atom is -0.366 e. The molecule has 0 saturated carbocycles. The van der Waals surface area contributed by atoms with Crippen LogP contribution in [0.5, 0.6) is 0 Å². The summed E-state index contributed by atoms with van der Waals surface area (Å²) in [6.45, 7) is 6.20. The summed E-state index contributed by atoms with van der Waals surface area (Å²) in [7, 11) is 0. The van der Waals surface area contributed by atoms with E-state index >= 15 is 0 Å². The lowest BCUT2D eigenvalue weighted by molar-refractivity contribution is -0.146. The zero-order valence-electron chi connectivity index (χ0n) is 9.37. The zero-order valence-corrected chi connectivity index (χ0v) is 9.37. The van der Waals surface area contributed by atoms with Crippen LogP contribution < -0.4 is 5.32 Å². The molecule has 4 heteroatoms. The van der Waals surface area contributed by atoms with Gasteiger partial charge in [-0.25, -0.2) is 0 Å². The van der Waals surface area contributed by atoms with Crippen LogP contribution in [0.2, 0.25) is 0 Å². The summed E-state index contributed by atoms with van der Waals surface area (Å²) >= 11 is 0. The zero-order chi connectivity index (χ0) is 10.7. The Balaban J connectivity index is 1.88. The highest BCUT2D eigenvalue weighted by Crippen LogP contribution is 2.17. The largest absolute Gasteiger partial charge is 0.366 e. The van der Waals surface area contributed by atoms with E-state index < -0.39 is 0 Å². The number of hydrogen-bond donors (Lipinski definition) is 1. The van der Waals surface area contributed by atoms with Crippen LogP contribution in [0.25, 0.3) is 0 Å². The number of likely N-dealkylation sites (tertiary alicyclic amines) is 1. The SMILES string of the molecule is CC1CCCN(C(=O)[C@@H]2CNCCO2)C1. The van der Waals surface area contributed by atoms with Gasteiger partial charge in [0.1, 0.15) is 6.10 Å². The minimum absolute atomic E-state index is 0.175. The first kappa shape index (κ1) is 10.9. The van der Waals surface area contributed by atoms with Crippen molar-refractivity contribution in [1.82, 2.24) is 10.2 Å². The van der Waals surface area contributed by atoms with Crippen LogP contribution in [0, 0.1) is 5.92 Å². The highest BCUT2D eigenvalue weighted by atomic mass is 16.5. The van der Waals surface area contributed by atoms with Gasteiger partial charge in [0.05, 0.1) is 6.61 Å². The molecule has 2 atom stereocenters. The van der Waals surface area contributed by atoms with E-state index in [1.165, 1.54) is 6.42 Å². The second-order valence-corrected chi connectivity index (χ2v) is 4.60. The molecule has 0 radical (unpaired) electrons. The Hall–Kier alpha value is -0.610. The second kappa shape index (κ2) is 4.94. The van der Waals surface area contributed by atoms with Gasteiger partial charge >= 0.3 is 0 Å². The Kier molecular flexibility index (Phi) is 3.59. The number of amides is 1. The normalized spacial score (nSPS) is 32.7. The van der Waals surface area contributed by atoms with Crippen molar-refractivity contribution in [3.05, 3.63) is 0 Å². The molecule has 86 valence electrons. The molecule has 2 heterocycles. The Labute approximate surface area is 91.0 Å². The third-order valence-electron chi connectivity index (χ3n) is 3.17. The summed E-state index contributed by atoms with van der Waals surface area (Å²) in [4.78, 5) is 14.0. The van der Waals surface area contributed by atoms with Gasteiger partial charge in [-0.2, -0.15) is 0 Å². The summed E-state index contributed by atoms with van der Waals surface area (Å²) in [5, 5.41) is 3.19. The number of carbonyl (C=O) groups excluding carboxylic acids is 1. The maximum Gasteiger partial charge on any atom is 0.253 e. The molecule has 2 rings (SSSR count). The molecule has 1 amide bonds. The predicted octanol–water partition coefficient (Wildman–Crippen LogP) is 0.233. The van der Waals surface area contributed by atoms with Crippen molar-refractivity contribution in [2.24, 2.45) is 5.92 Å². The molecule has 2 aliphatic rings. The van der Waals surface area contributed by atoms with Gasteiger partial charge in [0.25, 0.3) is 5.91 Å². The Morgan fingerprint density at radius 1 is 1.53 bits per heavy atom. The van der Waals surface area contributed by atoms with Crippen LogP contribution in [0.4, 0.5) is 0 Å². The van der Waals surface area contributed by atoms with E-state index in [4.69, 9.17) is 4.74 Å². The molecule has 2 fully saturated rings. The number of morpholine rings is 1. The molecule has 0 bridgehead atoms. The monoisotopic (exact) mass is 212 g/mol. The number of carbonyl (C=O) groups is 1. The fraction of sp³-hybridized carbons (Fsp3) is 0.909. The standard InChI is InChI=1S/C11H20N2O2/c1-9-3-2-5-13(8-9)11(14)10-7-12-4-6-15-10/h9-10,12H,2-8H2,1H3/t9?,10-/m0/s1. The summed E-state index contributed by atoms with van der Waals surface area (Å²) in [5.74, 6) is 0.813. The Morgan fingerprint density at radius 2 is 2.40 bits per heavy atom. The first-order valence-electron chi connectivity index (χ1n) is 5.88. The Bertz CT molecular complexity index is 227. The minimum atomic E-state index is -0.246. The van der Waals surface area contributed by atoms with Crippen molar-refractivity contribution in [2.45, 2.75) is 25.9 Å². The number of ether oxygens (including phenoxy) is 1. The quantitative estimate of drug-likeness (QED) is 0.676. The van der Waals surface area contributed by atoms with Crippen LogP contribution >= 0.6 is 0 Å². The molecule has 0 aromatic heterocycles. The lowest BCUT2D eigenvalue weighted by atomic mass is 10.00. The predicted molar refractivity (Wildman–Crippen MR) is 57.6 cm³/mol. The Morgan fingerprint density at radius 3 is 3.07 bits per heavy atom. The van der Waals surface area contributed by atoms with Gasteiger partial charge in [0, 0.05) is 26.2 Å². The van der Waals surface area contributed by atoms with Crippen molar-refractivity contribution < 1.29 is 9.53 Å². The molecule has 2 saturated heterocycles. The third kappa shape index (κ3) is 2.69. The van der Waals surface area contributed by atoms with Crippen LogP contribution in [-0.2, 0) is 9.53 Å². The number of rotatable bonds is 1. The van der Waals surface area contributed by atoms with E-state index in [0.717, 1.165) is 26.1 Å². The van der Waals surface area contributed by atoms with E-state index in [1.807, 2.05) is 4.90 Å². The van der Waals surface area contributed by atoms with Crippen molar-refractivity contribution in [2.75, 3.05) is 32.8 Å². The molecule has 2 aliphatic heterocycles. The van der Waals surface area contributed by atoms with Crippen LogP contribution in [-0.4, -0.2) is 49.7 Å². The highest BCUT2D eigenvalue weighted by molar-refractivity contribution is 5.81. The molecule has 15 heavy (non-hydrogen) atoms. The lowest BCUT2D eigenvalue weighted by Gasteiger charge is -2.34.